The van der Waals surface area contributed by atoms with E-state index in [2.05, 4.69) is 20.3 Å². The smallest absolute Gasteiger partial charge is 0.242 e. The molecule has 0 saturated carbocycles. The van der Waals surface area contributed by atoms with Gasteiger partial charge in [-0.1, -0.05) is 23.2 Å². The molecule has 2 rings (SSSR count). The molecule has 2 aromatic heterocycles. The predicted octanol–water partition coefficient (Wildman–Crippen LogP) is 3.29. The summed E-state index contributed by atoms with van der Waals surface area (Å²) in [4.78, 5) is 12.7. The molecule has 0 spiro atoms. The van der Waals surface area contributed by atoms with Crippen LogP contribution in [0.5, 0.6) is 5.88 Å². The van der Waals surface area contributed by atoms with Crippen molar-refractivity contribution in [3.05, 3.63) is 28.5 Å². The topological polar surface area (TPSA) is 59.9 Å². The highest BCUT2D eigenvalue weighted by atomic mass is 35.5. The van der Waals surface area contributed by atoms with E-state index in [-0.39, 0.29) is 0 Å². The standard InChI is InChI=1S/C12H12Cl2N4O/c1-3-15-11-8(14)6-7(13)9(18-11)10-12(19-2)17-5-4-16-10/h4-6H,3H2,1-2H3,(H,15,18). The van der Waals surface area contributed by atoms with Crippen LogP contribution in [-0.4, -0.2) is 28.6 Å². The van der Waals surface area contributed by atoms with Gasteiger partial charge in [0, 0.05) is 18.9 Å². The van der Waals surface area contributed by atoms with E-state index in [1.807, 2.05) is 6.92 Å². The molecular weight excluding hydrogens is 287 g/mol. The second kappa shape index (κ2) is 6.04. The summed E-state index contributed by atoms with van der Waals surface area (Å²) in [6.07, 6.45) is 3.09. The lowest BCUT2D eigenvalue weighted by molar-refractivity contribution is 0.397. The largest absolute Gasteiger partial charge is 0.479 e. The summed E-state index contributed by atoms with van der Waals surface area (Å²) in [6, 6.07) is 1.62. The minimum Gasteiger partial charge on any atom is -0.479 e. The number of anilines is 1. The van der Waals surface area contributed by atoms with Crippen molar-refractivity contribution in [2.45, 2.75) is 6.92 Å². The number of nitrogens with one attached hydrogen (secondary N) is 1. The fraction of sp³-hybridized carbons (Fsp3) is 0.250. The fourth-order valence-electron chi connectivity index (χ4n) is 1.56. The van der Waals surface area contributed by atoms with Gasteiger partial charge < -0.3 is 10.1 Å². The number of aromatic nitrogens is 3. The third-order valence-corrected chi connectivity index (χ3v) is 2.93. The van der Waals surface area contributed by atoms with Gasteiger partial charge in [-0.15, -0.1) is 0 Å². The van der Waals surface area contributed by atoms with Crippen molar-refractivity contribution < 1.29 is 4.74 Å². The van der Waals surface area contributed by atoms with E-state index < -0.39 is 0 Å². The van der Waals surface area contributed by atoms with Crippen molar-refractivity contribution in [2.75, 3.05) is 19.0 Å². The van der Waals surface area contributed by atoms with E-state index in [1.54, 1.807) is 12.3 Å². The Balaban J connectivity index is 2.58. The summed E-state index contributed by atoms with van der Waals surface area (Å²) in [5, 5.41) is 3.91. The van der Waals surface area contributed by atoms with Gasteiger partial charge in [0.25, 0.3) is 0 Å². The molecule has 0 aliphatic carbocycles. The number of rotatable bonds is 4. The van der Waals surface area contributed by atoms with Crippen LogP contribution in [0.2, 0.25) is 10.0 Å². The van der Waals surface area contributed by atoms with Crippen LogP contribution >= 0.6 is 23.2 Å². The zero-order chi connectivity index (χ0) is 13.8. The van der Waals surface area contributed by atoms with Crippen LogP contribution in [0.25, 0.3) is 11.4 Å². The Morgan fingerprint density at radius 1 is 1.16 bits per heavy atom. The highest BCUT2D eigenvalue weighted by Gasteiger charge is 2.16. The number of methoxy groups -OCH3 is 1. The molecule has 0 radical (unpaired) electrons. The van der Waals surface area contributed by atoms with Crippen molar-refractivity contribution in [2.24, 2.45) is 0 Å². The molecule has 0 bridgehead atoms. The first kappa shape index (κ1) is 13.8. The minimum atomic E-state index is 0.363. The third kappa shape index (κ3) is 2.88. The zero-order valence-corrected chi connectivity index (χ0v) is 12.0. The van der Waals surface area contributed by atoms with Crippen LogP contribution < -0.4 is 10.1 Å². The van der Waals surface area contributed by atoms with E-state index in [9.17, 15) is 0 Å². The Morgan fingerprint density at radius 2 is 1.89 bits per heavy atom. The molecule has 0 amide bonds. The van der Waals surface area contributed by atoms with Gasteiger partial charge in [0.05, 0.1) is 17.2 Å². The monoisotopic (exact) mass is 298 g/mol. The number of pyridine rings is 1. The second-order valence-corrected chi connectivity index (χ2v) is 4.41. The Kier molecular flexibility index (Phi) is 4.39. The summed E-state index contributed by atoms with van der Waals surface area (Å²) in [7, 11) is 1.52. The number of halogens is 2. The number of ether oxygens (including phenoxy) is 1. The van der Waals surface area contributed by atoms with E-state index in [4.69, 9.17) is 27.9 Å². The number of hydrogen-bond acceptors (Lipinski definition) is 5. The molecule has 0 aromatic carbocycles. The molecule has 19 heavy (non-hydrogen) atoms. The Bertz CT molecular complexity index is 592. The van der Waals surface area contributed by atoms with Crippen LogP contribution in [-0.2, 0) is 0 Å². The van der Waals surface area contributed by atoms with E-state index in [0.717, 1.165) is 0 Å². The highest BCUT2D eigenvalue weighted by Crippen LogP contribution is 2.34. The second-order valence-electron chi connectivity index (χ2n) is 3.59. The molecule has 0 aliphatic heterocycles. The van der Waals surface area contributed by atoms with Crippen molar-refractivity contribution >= 4 is 29.0 Å². The van der Waals surface area contributed by atoms with Gasteiger partial charge in [0.1, 0.15) is 11.5 Å². The van der Waals surface area contributed by atoms with E-state index in [0.29, 0.717) is 39.7 Å². The van der Waals surface area contributed by atoms with Crippen LogP contribution in [0.1, 0.15) is 6.92 Å². The first-order valence-corrected chi connectivity index (χ1v) is 6.38. The first-order chi connectivity index (χ1) is 9.17. The maximum atomic E-state index is 6.17. The molecule has 5 nitrogen and oxygen atoms in total. The molecule has 0 aliphatic rings. The predicted molar refractivity (Wildman–Crippen MR) is 76.0 cm³/mol. The van der Waals surface area contributed by atoms with E-state index in [1.165, 1.54) is 13.3 Å². The molecule has 0 fully saturated rings. The maximum absolute atomic E-state index is 6.17. The van der Waals surface area contributed by atoms with Gasteiger partial charge in [-0.05, 0) is 13.0 Å². The normalized spacial score (nSPS) is 10.3. The minimum absolute atomic E-state index is 0.363. The number of nitrogens with zero attached hydrogens (tertiary/aromatic N) is 3. The Labute approximate surface area is 121 Å². The summed E-state index contributed by atoms with van der Waals surface area (Å²) in [5.74, 6) is 0.915. The van der Waals surface area contributed by atoms with E-state index >= 15 is 0 Å². The molecule has 2 aromatic rings. The van der Waals surface area contributed by atoms with Crippen LogP contribution in [0.15, 0.2) is 18.5 Å². The van der Waals surface area contributed by atoms with Gasteiger partial charge in [-0.25, -0.2) is 15.0 Å². The highest BCUT2D eigenvalue weighted by molar-refractivity contribution is 6.37. The molecule has 0 saturated heterocycles. The number of hydrogen-bond donors (Lipinski definition) is 1. The molecule has 0 unspecified atom stereocenters. The maximum Gasteiger partial charge on any atom is 0.242 e. The summed E-state index contributed by atoms with van der Waals surface area (Å²) in [5.41, 5.74) is 0.956. The lowest BCUT2D eigenvalue weighted by Gasteiger charge is -2.11. The first-order valence-electron chi connectivity index (χ1n) is 5.62. The molecule has 2 heterocycles. The van der Waals surface area contributed by atoms with Gasteiger partial charge >= 0.3 is 0 Å². The average molecular weight is 299 g/mol. The SMILES string of the molecule is CCNc1nc(-c2nccnc2OC)c(Cl)cc1Cl. The molecule has 100 valence electrons. The van der Waals surface area contributed by atoms with Crippen LogP contribution in [0.3, 0.4) is 0 Å². The van der Waals surface area contributed by atoms with Crippen molar-refractivity contribution in [3.8, 4) is 17.3 Å². The Morgan fingerprint density at radius 3 is 2.58 bits per heavy atom. The molecule has 1 N–H and O–H groups in total. The van der Waals surface area contributed by atoms with Crippen molar-refractivity contribution in [3.63, 3.8) is 0 Å². The van der Waals surface area contributed by atoms with Crippen LogP contribution in [0.4, 0.5) is 5.82 Å². The quantitative estimate of drug-likeness (QED) is 0.938. The lowest BCUT2D eigenvalue weighted by Crippen LogP contribution is -2.03. The Hall–Kier alpha value is -1.59. The van der Waals surface area contributed by atoms with Gasteiger partial charge in [-0.2, -0.15) is 0 Å². The zero-order valence-electron chi connectivity index (χ0n) is 10.4. The molecule has 0 atom stereocenters. The average Bonchev–Trinajstić information content (AvgIpc) is 2.42. The summed E-state index contributed by atoms with van der Waals surface area (Å²) in [6.45, 7) is 2.65. The van der Waals surface area contributed by atoms with Gasteiger partial charge in [0.2, 0.25) is 5.88 Å². The lowest BCUT2D eigenvalue weighted by atomic mass is 10.2. The third-order valence-electron chi connectivity index (χ3n) is 2.36. The van der Waals surface area contributed by atoms with Crippen LogP contribution in [0, 0.1) is 0 Å². The fourth-order valence-corrected chi connectivity index (χ4v) is 2.08. The van der Waals surface area contributed by atoms with Crippen molar-refractivity contribution in [1.82, 2.24) is 15.0 Å². The summed E-state index contributed by atoms with van der Waals surface area (Å²) >= 11 is 12.2. The van der Waals surface area contributed by atoms with Gasteiger partial charge in [-0.3, -0.25) is 0 Å². The molecule has 7 heteroatoms. The van der Waals surface area contributed by atoms with Crippen molar-refractivity contribution in [1.29, 1.82) is 0 Å². The molecular formula is C12H12Cl2N4O. The van der Waals surface area contributed by atoms with Gasteiger partial charge in [0.15, 0.2) is 5.69 Å². The summed E-state index contributed by atoms with van der Waals surface area (Å²) < 4.78 is 5.16.